The number of aliphatic hydroxyl groups excluding tert-OH is 1. The maximum atomic E-state index is 8.95. The lowest BCUT2D eigenvalue weighted by Gasteiger charge is -2.14. The number of hydrogen-bond acceptors (Lipinski definition) is 3. The maximum absolute atomic E-state index is 8.95. The quantitative estimate of drug-likeness (QED) is 0.256. The lowest BCUT2D eigenvalue weighted by Crippen LogP contribution is -2.38. The fraction of sp³-hybridized carbons (Fsp3) is 0.833. The molecule has 0 saturated carbocycles. The zero-order valence-corrected chi connectivity index (χ0v) is 6.67. The first-order valence-corrected chi connectivity index (χ1v) is 3.55. The summed E-state index contributed by atoms with van der Waals surface area (Å²) in [6.07, 6.45) is 0.0980. The summed E-state index contributed by atoms with van der Waals surface area (Å²) in [5, 5.41) is 18.4. The molecule has 0 heterocycles. The topological polar surface area (TPSA) is 108 Å². The molecular formula is C6H16N4O. The third kappa shape index (κ3) is 5.63. The van der Waals surface area contributed by atoms with Crippen molar-refractivity contribution in [3.05, 3.63) is 0 Å². The number of guanidine groups is 1. The molecule has 1 unspecified atom stereocenters. The molecule has 0 aliphatic rings. The van der Waals surface area contributed by atoms with Gasteiger partial charge in [0.15, 0.2) is 5.96 Å². The Morgan fingerprint density at radius 3 is 2.64 bits per heavy atom. The van der Waals surface area contributed by atoms with E-state index in [0.717, 1.165) is 0 Å². The van der Waals surface area contributed by atoms with Crippen LogP contribution in [0.1, 0.15) is 13.3 Å². The molecule has 0 aliphatic heterocycles. The van der Waals surface area contributed by atoms with Crippen molar-refractivity contribution < 1.29 is 5.11 Å². The molecule has 0 bridgehead atoms. The van der Waals surface area contributed by atoms with Gasteiger partial charge in [-0.05, 0) is 13.3 Å². The van der Waals surface area contributed by atoms with Gasteiger partial charge in [0.1, 0.15) is 0 Å². The van der Waals surface area contributed by atoms with E-state index in [1.807, 2.05) is 0 Å². The second-order valence-corrected chi connectivity index (χ2v) is 2.53. The number of rotatable bonds is 4. The van der Waals surface area contributed by atoms with E-state index in [-0.39, 0.29) is 12.0 Å². The van der Waals surface area contributed by atoms with Gasteiger partial charge in [-0.1, -0.05) is 0 Å². The van der Waals surface area contributed by atoms with E-state index in [4.69, 9.17) is 22.0 Å². The Balaban J connectivity index is 3.31. The number of nitrogens with one attached hydrogen (secondary N) is 2. The predicted octanol–water partition coefficient (Wildman–Crippen LogP) is -1.43. The van der Waals surface area contributed by atoms with Gasteiger partial charge in [0.25, 0.3) is 0 Å². The Bertz CT molecular complexity index is 126. The summed E-state index contributed by atoms with van der Waals surface area (Å²) in [5.41, 5.74) is 10.5. The van der Waals surface area contributed by atoms with Crippen LogP contribution in [0, 0.1) is 5.41 Å². The molecule has 0 aromatic carbocycles. The summed E-state index contributed by atoms with van der Waals surface area (Å²) in [6.45, 7) is 2.17. The molecule has 0 amide bonds. The van der Waals surface area contributed by atoms with Crippen LogP contribution in [0.3, 0.4) is 0 Å². The van der Waals surface area contributed by atoms with Crippen LogP contribution in [0.4, 0.5) is 0 Å². The SMILES string of the molecule is CC(O)[C@@H](N)CCNC(=N)N. The molecule has 66 valence electrons. The van der Waals surface area contributed by atoms with Crippen molar-refractivity contribution in [2.24, 2.45) is 11.5 Å². The van der Waals surface area contributed by atoms with Crippen molar-refractivity contribution in [3.63, 3.8) is 0 Å². The zero-order chi connectivity index (χ0) is 8.85. The summed E-state index contributed by atoms with van der Waals surface area (Å²) in [4.78, 5) is 0. The minimum absolute atomic E-state index is 0.0669. The summed E-state index contributed by atoms with van der Waals surface area (Å²) in [6, 6.07) is -0.248. The van der Waals surface area contributed by atoms with Crippen molar-refractivity contribution in [2.45, 2.75) is 25.5 Å². The average Bonchev–Trinajstić information content (AvgIpc) is 1.86. The standard InChI is InChI=1S/C6H16N4O/c1-4(11)5(7)2-3-10-6(8)9/h4-5,11H,2-3,7H2,1H3,(H4,8,9,10)/t4?,5-/m0/s1. The molecule has 2 atom stereocenters. The van der Waals surface area contributed by atoms with Crippen LogP contribution in [-0.4, -0.2) is 29.8 Å². The van der Waals surface area contributed by atoms with Crippen molar-refractivity contribution in [1.82, 2.24) is 5.32 Å². The van der Waals surface area contributed by atoms with E-state index in [9.17, 15) is 0 Å². The Morgan fingerprint density at radius 1 is 1.73 bits per heavy atom. The lowest BCUT2D eigenvalue weighted by atomic mass is 10.1. The first-order valence-electron chi connectivity index (χ1n) is 3.55. The van der Waals surface area contributed by atoms with Crippen molar-refractivity contribution in [2.75, 3.05) is 6.54 Å². The molecule has 0 fully saturated rings. The molecule has 0 saturated heterocycles. The number of aliphatic hydroxyl groups is 1. The first kappa shape index (κ1) is 10.2. The second kappa shape index (κ2) is 4.92. The van der Waals surface area contributed by atoms with Gasteiger partial charge >= 0.3 is 0 Å². The zero-order valence-electron chi connectivity index (χ0n) is 6.67. The number of nitrogens with two attached hydrogens (primary N) is 2. The van der Waals surface area contributed by atoms with Gasteiger partial charge in [0.2, 0.25) is 0 Å². The second-order valence-electron chi connectivity index (χ2n) is 2.53. The molecule has 0 aromatic heterocycles. The summed E-state index contributed by atoms with van der Waals surface area (Å²) in [7, 11) is 0. The van der Waals surface area contributed by atoms with Crippen LogP contribution in [0.5, 0.6) is 0 Å². The van der Waals surface area contributed by atoms with Gasteiger partial charge in [0, 0.05) is 12.6 Å². The Morgan fingerprint density at radius 2 is 2.27 bits per heavy atom. The van der Waals surface area contributed by atoms with Crippen LogP contribution >= 0.6 is 0 Å². The van der Waals surface area contributed by atoms with Crippen LogP contribution in [0.15, 0.2) is 0 Å². The highest BCUT2D eigenvalue weighted by molar-refractivity contribution is 5.74. The minimum atomic E-state index is -0.510. The van der Waals surface area contributed by atoms with E-state index < -0.39 is 6.10 Å². The summed E-state index contributed by atoms with van der Waals surface area (Å²) >= 11 is 0. The normalized spacial score (nSPS) is 15.5. The van der Waals surface area contributed by atoms with Gasteiger partial charge in [-0.3, -0.25) is 5.41 Å². The van der Waals surface area contributed by atoms with Gasteiger partial charge < -0.3 is 21.9 Å². The third-order valence-electron chi connectivity index (χ3n) is 1.41. The van der Waals surface area contributed by atoms with E-state index in [0.29, 0.717) is 13.0 Å². The van der Waals surface area contributed by atoms with E-state index in [2.05, 4.69) is 5.32 Å². The fourth-order valence-electron chi connectivity index (χ4n) is 0.615. The molecule has 7 N–H and O–H groups in total. The molecule has 0 aromatic rings. The highest BCUT2D eigenvalue weighted by Gasteiger charge is 2.07. The molecule has 0 radical (unpaired) electrons. The molecule has 11 heavy (non-hydrogen) atoms. The van der Waals surface area contributed by atoms with Gasteiger partial charge in [-0.2, -0.15) is 0 Å². The first-order chi connectivity index (χ1) is 5.04. The summed E-state index contributed by atoms with van der Waals surface area (Å²) in [5.74, 6) is -0.0669. The van der Waals surface area contributed by atoms with Gasteiger partial charge in [0.05, 0.1) is 6.10 Å². The molecule has 0 aliphatic carbocycles. The van der Waals surface area contributed by atoms with Crippen molar-refractivity contribution >= 4 is 5.96 Å². The van der Waals surface area contributed by atoms with Gasteiger partial charge in [-0.15, -0.1) is 0 Å². The minimum Gasteiger partial charge on any atom is -0.392 e. The smallest absolute Gasteiger partial charge is 0.185 e. The molecule has 0 spiro atoms. The van der Waals surface area contributed by atoms with Crippen LogP contribution < -0.4 is 16.8 Å². The van der Waals surface area contributed by atoms with Crippen LogP contribution in [0.2, 0.25) is 0 Å². The highest BCUT2D eigenvalue weighted by atomic mass is 16.3. The highest BCUT2D eigenvalue weighted by Crippen LogP contribution is 1.92. The monoisotopic (exact) mass is 160 g/mol. The van der Waals surface area contributed by atoms with Crippen LogP contribution in [0.25, 0.3) is 0 Å². The third-order valence-corrected chi connectivity index (χ3v) is 1.41. The molecule has 0 rings (SSSR count). The Labute approximate surface area is 66.3 Å². The average molecular weight is 160 g/mol. The fourth-order valence-corrected chi connectivity index (χ4v) is 0.615. The Hall–Kier alpha value is -0.810. The largest absolute Gasteiger partial charge is 0.392 e. The molecular weight excluding hydrogens is 144 g/mol. The van der Waals surface area contributed by atoms with Crippen LogP contribution in [-0.2, 0) is 0 Å². The van der Waals surface area contributed by atoms with Gasteiger partial charge in [-0.25, -0.2) is 0 Å². The van der Waals surface area contributed by atoms with E-state index >= 15 is 0 Å². The van der Waals surface area contributed by atoms with Crippen molar-refractivity contribution in [3.8, 4) is 0 Å². The Kier molecular flexibility index (Phi) is 4.56. The molecule has 5 heteroatoms. The van der Waals surface area contributed by atoms with E-state index in [1.54, 1.807) is 6.92 Å². The lowest BCUT2D eigenvalue weighted by molar-refractivity contribution is 0.159. The maximum Gasteiger partial charge on any atom is 0.185 e. The van der Waals surface area contributed by atoms with Crippen molar-refractivity contribution in [1.29, 1.82) is 5.41 Å². The number of hydrogen-bond donors (Lipinski definition) is 5. The van der Waals surface area contributed by atoms with E-state index in [1.165, 1.54) is 0 Å². The predicted molar refractivity (Wildman–Crippen MR) is 44.2 cm³/mol. The summed E-state index contributed by atoms with van der Waals surface area (Å²) < 4.78 is 0. The molecule has 5 nitrogen and oxygen atoms in total.